The van der Waals surface area contributed by atoms with Crippen LogP contribution in [0.25, 0.3) is 11.3 Å². The second-order valence-electron chi connectivity index (χ2n) is 5.04. The highest BCUT2D eigenvalue weighted by molar-refractivity contribution is 5.62. The van der Waals surface area contributed by atoms with Gasteiger partial charge in [0.25, 0.3) is 0 Å². The van der Waals surface area contributed by atoms with Crippen molar-refractivity contribution in [1.29, 1.82) is 0 Å². The minimum atomic E-state index is 0.121. The van der Waals surface area contributed by atoms with Crippen LogP contribution in [0.3, 0.4) is 0 Å². The molecule has 3 aromatic rings. The third-order valence-electron chi connectivity index (χ3n) is 3.51. The van der Waals surface area contributed by atoms with Gasteiger partial charge < -0.3 is 9.88 Å². The second-order valence-corrected chi connectivity index (χ2v) is 5.04. The van der Waals surface area contributed by atoms with Crippen molar-refractivity contribution in [3.8, 4) is 11.3 Å². The highest BCUT2D eigenvalue weighted by Crippen LogP contribution is 2.21. The van der Waals surface area contributed by atoms with E-state index >= 15 is 0 Å². The van der Waals surface area contributed by atoms with Crippen molar-refractivity contribution < 1.29 is 0 Å². The highest BCUT2D eigenvalue weighted by atomic mass is 15.3. The van der Waals surface area contributed by atoms with Gasteiger partial charge in [0.15, 0.2) is 0 Å². The maximum Gasteiger partial charge on any atom is 0.149 e. The number of nitrogens with zero attached hydrogens (tertiary/aromatic N) is 4. The van der Waals surface area contributed by atoms with Crippen molar-refractivity contribution >= 4 is 0 Å². The van der Waals surface area contributed by atoms with Crippen LogP contribution in [-0.2, 0) is 13.6 Å². The minimum Gasteiger partial charge on any atom is -0.319 e. The van der Waals surface area contributed by atoms with Gasteiger partial charge in [-0.25, -0.2) is 0 Å². The van der Waals surface area contributed by atoms with E-state index in [1.165, 1.54) is 0 Å². The lowest BCUT2D eigenvalue weighted by Gasteiger charge is -2.13. The number of H-pyrrole nitrogens is 1. The molecule has 0 aliphatic rings. The van der Waals surface area contributed by atoms with Gasteiger partial charge >= 0.3 is 0 Å². The summed E-state index contributed by atoms with van der Waals surface area (Å²) in [4.78, 5) is 0. The molecule has 0 radical (unpaired) electrons. The summed E-state index contributed by atoms with van der Waals surface area (Å²) in [6, 6.07) is 10.3. The van der Waals surface area contributed by atoms with Gasteiger partial charge in [0.05, 0.1) is 17.9 Å². The number of benzene rings is 1. The molecular formula is C15H18N6. The van der Waals surface area contributed by atoms with E-state index in [4.69, 9.17) is 0 Å². The van der Waals surface area contributed by atoms with Gasteiger partial charge in [-0.15, -0.1) is 10.2 Å². The van der Waals surface area contributed by atoms with Crippen LogP contribution in [0, 0.1) is 0 Å². The fourth-order valence-corrected chi connectivity index (χ4v) is 2.34. The number of hydrogen-bond donors (Lipinski definition) is 2. The zero-order chi connectivity index (χ0) is 14.7. The van der Waals surface area contributed by atoms with Crippen molar-refractivity contribution in [1.82, 2.24) is 30.3 Å². The van der Waals surface area contributed by atoms with Crippen molar-refractivity contribution in [2.24, 2.45) is 7.05 Å². The van der Waals surface area contributed by atoms with Crippen LogP contribution in [0.15, 0.2) is 42.9 Å². The molecule has 2 heterocycles. The summed E-state index contributed by atoms with van der Waals surface area (Å²) in [7, 11) is 1.95. The van der Waals surface area contributed by atoms with Crippen LogP contribution in [-0.4, -0.2) is 25.0 Å². The summed E-state index contributed by atoms with van der Waals surface area (Å²) < 4.78 is 1.92. The number of aromatic amines is 1. The molecule has 0 fully saturated rings. The normalized spacial score (nSPS) is 12.5. The Bertz CT molecular complexity index is 700. The van der Waals surface area contributed by atoms with E-state index in [9.17, 15) is 0 Å². The average Bonchev–Trinajstić information content (AvgIpc) is 3.14. The van der Waals surface area contributed by atoms with Crippen LogP contribution >= 0.6 is 0 Å². The third kappa shape index (κ3) is 2.85. The Kier molecular flexibility index (Phi) is 3.79. The van der Waals surface area contributed by atoms with E-state index in [0.717, 1.165) is 29.2 Å². The van der Waals surface area contributed by atoms with E-state index < -0.39 is 0 Å². The maximum absolute atomic E-state index is 4.16. The maximum atomic E-state index is 4.16. The number of aromatic nitrogens is 5. The van der Waals surface area contributed by atoms with Crippen molar-refractivity contribution in [3.05, 3.63) is 54.2 Å². The van der Waals surface area contributed by atoms with Gasteiger partial charge in [0, 0.05) is 19.2 Å². The van der Waals surface area contributed by atoms with E-state index in [2.05, 4.69) is 44.8 Å². The fraction of sp³-hybridized carbons (Fsp3) is 0.267. The molecule has 0 aliphatic carbocycles. The van der Waals surface area contributed by atoms with Crippen molar-refractivity contribution in [2.45, 2.75) is 19.5 Å². The summed E-state index contributed by atoms with van der Waals surface area (Å²) in [5.41, 5.74) is 3.32. The van der Waals surface area contributed by atoms with E-state index in [1.807, 2.05) is 36.0 Å². The Morgan fingerprint density at radius 1 is 1.29 bits per heavy atom. The average molecular weight is 282 g/mol. The first kappa shape index (κ1) is 13.5. The summed E-state index contributed by atoms with van der Waals surface area (Å²) >= 11 is 0. The highest BCUT2D eigenvalue weighted by Gasteiger charge is 2.13. The van der Waals surface area contributed by atoms with Crippen molar-refractivity contribution in [3.63, 3.8) is 0 Å². The summed E-state index contributed by atoms with van der Waals surface area (Å²) in [6.07, 6.45) is 3.57. The van der Waals surface area contributed by atoms with Gasteiger partial charge in [0.2, 0.25) is 0 Å². The van der Waals surface area contributed by atoms with E-state index in [0.29, 0.717) is 0 Å². The first-order valence-corrected chi connectivity index (χ1v) is 6.90. The van der Waals surface area contributed by atoms with Crippen molar-refractivity contribution in [2.75, 3.05) is 0 Å². The predicted octanol–water partition coefficient (Wildman–Crippen LogP) is 2.06. The van der Waals surface area contributed by atoms with Gasteiger partial charge in [-0.1, -0.05) is 30.3 Å². The Balaban J connectivity index is 1.72. The zero-order valence-electron chi connectivity index (χ0n) is 12.1. The molecule has 2 N–H and O–H groups in total. The van der Waals surface area contributed by atoms with Gasteiger partial charge in [-0.05, 0) is 12.5 Å². The van der Waals surface area contributed by atoms with Gasteiger partial charge in [0.1, 0.15) is 12.2 Å². The molecular weight excluding hydrogens is 264 g/mol. The van der Waals surface area contributed by atoms with Crippen LogP contribution in [0.1, 0.15) is 24.4 Å². The fourth-order valence-electron chi connectivity index (χ4n) is 2.34. The van der Waals surface area contributed by atoms with Crippen LogP contribution in [0.4, 0.5) is 0 Å². The molecule has 0 bridgehead atoms. The first-order chi connectivity index (χ1) is 10.3. The number of hydrogen-bond acceptors (Lipinski definition) is 4. The topological polar surface area (TPSA) is 71.4 Å². The Hall–Kier alpha value is -2.47. The molecule has 0 aliphatic heterocycles. The lowest BCUT2D eigenvalue weighted by atomic mass is 10.1. The molecule has 6 heteroatoms. The molecule has 0 spiro atoms. The molecule has 0 amide bonds. The molecule has 1 unspecified atom stereocenters. The Morgan fingerprint density at radius 3 is 2.81 bits per heavy atom. The van der Waals surface area contributed by atoms with E-state index in [1.54, 1.807) is 6.33 Å². The molecule has 3 rings (SSSR count). The molecule has 6 nitrogen and oxygen atoms in total. The van der Waals surface area contributed by atoms with Gasteiger partial charge in [-0.3, -0.25) is 5.10 Å². The Morgan fingerprint density at radius 2 is 2.10 bits per heavy atom. The predicted molar refractivity (Wildman–Crippen MR) is 80.3 cm³/mol. The Labute approximate surface area is 123 Å². The summed E-state index contributed by atoms with van der Waals surface area (Å²) in [6.45, 7) is 2.79. The SMILES string of the molecule is CC(NCc1cn[nH]c1-c1ccccc1)c1nncn1C. The van der Waals surface area contributed by atoms with Crippen LogP contribution in [0.2, 0.25) is 0 Å². The molecule has 1 aromatic carbocycles. The van der Waals surface area contributed by atoms with Crippen LogP contribution < -0.4 is 5.32 Å². The monoisotopic (exact) mass is 282 g/mol. The van der Waals surface area contributed by atoms with E-state index in [-0.39, 0.29) is 6.04 Å². The number of aryl methyl sites for hydroxylation is 1. The number of nitrogens with one attached hydrogen (secondary N) is 2. The first-order valence-electron chi connectivity index (χ1n) is 6.90. The third-order valence-corrected chi connectivity index (χ3v) is 3.51. The minimum absolute atomic E-state index is 0.121. The summed E-state index contributed by atoms with van der Waals surface area (Å²) in [5, 5.41) is 18.7. The lowest BCUT2D eigenvalue weighted by molar-refractivity contribution is 0.529. The molecule has 108 valence electrons. The van der Waals surface area contributed by atoms with Crippen LogP contribution in [0.5, 0.6) is 0 Å². The number of rotatable bonds is 5. The second kappa shape index (κ2) is 5.88. The zero-order valence-corrected chi connectivity index (χ0v) is 12.1. The smallest absolute Gasteiger partial charge is 0.149 e. The lowest BCUT2D eigenvalue weighted by Crippen LogP contribution is -2.21. The molecule has 0 saturated carbocycles. The van der Waals surface area contributed by atoms with Gasteiger partial charge in [-0.2, -0.15) is 5.10 Å². The largest absolute Gasteiger partial charge is 0.319 e. The molecule has 1 atom stereocenters. The standard InChI is InChI=1S/C15H18N6/c1-11(15-20-18-10-21(15)2)16-8-13-9-17-19-14(13)12-6-4-3-5-7-12/h3-7,9-11,16H,8H2,1-2H3,(H,17,19). The molecule has 0 saturated heterocycles. The molecule has 21 heavy (non-hydrogen) atoms. The molecule has 2 aromatic heterocycles. The quantitative estimate of drug-likeness (QED) is 0.751. The summed E-state index contributed by atoms with van der Waals surface area (Å²) in [5.74, 6) is 0.916.